The first-order chi connectivity index (χ1) is 12.7. The molecular formula is C20H21Cl2O4P. The maximum atomic E-state index is 13.2. The third-order valence-corrected chi connectivity index (χ3v) is 7.39. The third-order valence-electron chi connectivity index (χ3n) is 4.97. The van der Waals surface area contributed by atoms with Crippen molar-refractivity contribution in [3.05, 3.63) is 63.1 Å². The van der Waals surface area contributed by atoms with Crippen LogP contribution in [0.1, 0.15) is 41.8 Å². The van der Waals surface area contributed by atoms with Crippen LogP contribution in [0.3, 0.4) is 0 Å². The van der Waals surface area contributed by atoms with Crippen molar-refractivity contribution >= 4 is 41.9 Å². The third kappa shape index (κ3) is 4.16. The second kappa shape index (κ2) is 7.69. The van der Waals surface area contributed by atoms with Gasteiger partial charge in [-0.2, -0.15) is 0 Å². The zero-order valence-electron chi connectivity index (χ0n) is 15.4. The minimum atomic E-state index is -3.47. The van der Waals surface area contributed by atoms with Gasteiger partial charge in [0.1, 0.15) is 0 Å². The fourth-order valence-electron chi connectivity index (χ4n) is 2.76. The van der Waals surface area contributed by atoms with Crippen LogP contribution in [0.15, 0.2) is 36.4 Å². The predicted molar refractivity (Wildman–Crippen MR) is 109 cm³/mol. The van der Waals surface area contributed by atoms with Crippen LogP contribution < -0.4 is 5.30 Å². The van der Waals surface area contributed by atoms with E-state index >= 15 is 0 Å². The lowest BCUT2D eigenvalue weighted by Crippen LogP contribution is -2.34. The van der Waals surface area contributed by atoms with E-state index in [2.05, 4.69) is 0 Å². The molecule has 1 saturated heterocycles. The highest BCUT2D eigenvalue weighted by Gasteiger charge is 2.40. The normalized spacial score (nSPS) is 25.4. The Morgan fingerprint density at radius 3 is 2.41 bits per heavy atom. The summed E-state index contributed by atoms with van der Waals surface area (Å²) in [6.45, 7) is 6.57. The molecule has 4 nitrogen and oxygen atoms in total. The van der Waals surface area contributed by atoms with Crippen LogP contribution in [0.2, 0.25) is 10.0 Å². The van der Waals surface area contributed by atoms with Gasteiger partial charge in [0.05, 0.1) is 23.5 Å². The Hall–Kier alpha value is -1.16. The quantitative estimate of drug-likeness (QED) is 0.456. The number of hydrogen-bond acceptors (Lipinski definition) is 4. The molecule has 3 rings (SSSR count). The van der Waals surface area contributed by atoms with Gasteiger partial charge in [-0.05, 0) is 49.2 Å². The van der Waals surface area contributed by atoms with E-state index in [4.69, 9.17) is 32.2 Å². The number of halogens is 2. The monoisotopic (exact) mass is 426 g/mol. The van der Waals surface area contributed by atoms with Gasteiger partial charge in [0.15, 0.2) is 5.78 Å². The molecule has 0 saturated carbocycles. The van der Waals surface area contributed by atoms with Crippen molar-refractivity contribution in [3.8, 4) is 0 Å². The van der Waals surface area contributed by atoms with Crippen molar-refractivity contribution in [2.75, 3.05) is 13.2 Å². The minimum Gasteiger partial charge on any atom is -0.305 e. The van der Waals surface area contributed by atoms with E-state index in [-0.39, 0.29) is 11.2 Å². The molecule has 0 aliphatic carbocycles. The molecule has 1 aliphatic rings. The zero-order valence-corrected chi connectivity index (χ0v) is 17.8. The smallest absolute Gasteiger partial charge is 0.305 e. The number of hydrogen-bond donors (Lipinski definition) is 0. The van der Waals surface area contributed by atoms with E-state index < -0.39 is 7.60 Å². The second-order valence-corrected chi connectivity index (χ2v) is 10.0. The van der Waals surface area contributed by atoms with Crippen LogP contribution in [0.25, 0.3) is 0 Å². The number of rotatable bonds is 4. The average Bonchev–Trinajstić information content (AvgIpc) is 2.66. The van der Waals surface area contributed by atoms with Crippen molar-refractivity contribution in [2.45, 2.75) is 27.2 Å². The fourth-order valence-corrected chi connectivity index (χ4v) is 5.01. The number of carbonyl (C=O) groups is 1. The van der Waals surface area contributed by atoms with Crippen molar-refractivity contribution < 1.29 is 18.4 Å². The molecule has 1 aliphatic heterocycles. The first-order valence-electron chi connectivity index (χ1n) is 8.67. The topological polar surface area (TPSA) is 52.6 Å². The van der Waals surface area contributed by atoms with Gasteiger partial charge in [-0.3, -0.25) is 9.36 Å². The van der Waals surface area contributed by atoms with E-state index in [9.17, 15) is 9.36 Å². The number of benzene rings is 2. The molecule has 0 bridgehead atoms. The molecule has 1 fully saturated rings. The molecule has 0 radical (unpaired) electrons. The summed E-state index contributed by atoms with van der Waals surface area (Å²) >= 11 is 12.2. The summed E-state index contributed by atoms with van der Waals surface area (Å²) in [5, 5.41) is 1.10. The van der Waals surface area contributed by atoms with Crippen LogP contribution in [-0.4, -0.2) is 19.0 Å². The van der Waals surface area contributed by atoms with Gasteiger partial charge in [-0.25, -0.2) is 0 Å². The number of ketones is 1. The molecule has 2 aromatic carbocycles. The van der Waals surface area contributed by atoms with Gasteiger partial charge in [-0.15, -0.1) is 0 Å². The molecule has 1 heterocycles. The number of aryl methyl sites for hydroxylation is 1. The lowest BCUT2D eigenvalue weighted by molar-refractivity contribution is 0.0313. The summed E-state index contributed by atoms with van der Waals surface area (Å²) in [5.41, 5.74) is 1.27. The van der Waals surface area contributed by atoms with E-state index in [0.717, 1.165) is 12.0 Å². The maximum Gasteiger partial charge on any atom is 0.361 e. The fraction of sp³-hybridized carbons (Fsp3) is 0.350. The van der Waals surface area contributed by atoms with Gasteiger partial charge in [0, 0.05) is 21.6 Å². The highest BCUT2D eigenvalue weighted by molar-refractivity contribution is 7.62. The molecular weight excluding hydrogens is 406 g/mol. The van der Waals surface area contributed by atoms with Gasteiger partial charge in [0.25, 0.3) is 0 Å². The minimum absolute atomic E-state index is 0.161. The van der Waals surface area contributed by atoms with Crippen LogP contribution in [0.4, 0.5) is 0 Å². The van der Waals surface area contributed by atoms with E-state index in [1.54, 1.807) is 30.3 Å². The second-order valence-electron chi connectivity index (χ2n) is 7.16. The van der Waals surface area contributed by atoms with Crippen LogP contribution in [-0.2, 0) is 13.6 Å². The lowest BCUT2D eigenvalue weighted by Gasteiger charge is -2.36. The molecule has 0 amide bonds. The first-order valence-corrected chi connectivity index (χ1v) is 11.0. The molecule has 0 spiro atoms. The van der Waals surface area contributed by atoms with Crippen LogP contribution in [0, 0.1) is 12.3 Å². The summed E-state index contributed by atoms with van der Waals surface area (Å²) in [4.78, 5) is 13.0. The Balaban J connectivity index is 1.97. The molecule has 0 unspecified atom stereocenters. The Kier molecular flexibility index (Phi) is 5.86. The van der Waals surface area contributed by atoms with E-state index in [1.165, 1.54) is 6.07 Å². The lowest BCUT2D eigenvalue weighted by atomic mass is 9.90. The summed E-state index contributed by atoms with van der Waals surface area (Å²) in [6.07, 6.45) is 0.859. The standard InChI is InChI=1S/C20H21Cl2O4P/c1-4-20(3)11-25-27(24,26-12-20)15-7-5-13(2)16(10-15)19(23)17-9-14(21)6-8-18(17)22/h5-10H,4,11-12H2,1-3H3. The van der Waals surface area contributed by atoms with Crippen molar-refractivity contribution in [3.63, 3.8) is 0 Å². The summed E-state index contributed by atoms with van der Waals surface area (Å²) in [7, 11) is -3.47. The van der Waals surface area contributed by atoms with Gasteiger partial charge >= 0.3 is 7.60 Å². The van der Waals surface area contributed by atoms with E-state index in [1.807, 2.05) is 20.8 Å². The molecule has 7 heteroatoms. The van der Waals surface area contributed by atoms with E-state index in [0.29, 0.717) is 39.7 Å². The largest absolute Gasteiger partial charge is 0.361 e. The van der Waals surface area contributed by atoms with Crippen LogP contribution >= 0.6 is 30.8 Å². The van der Waals surface area contributed by atoms with Gasteiger partial charge in [0.2, 0.25) is 0 Å². The summed E-state index contributed by atoms with van der Waals surface area (Å²) in [5.74, 6) is -0.288. The Labute approximate surface area is 169 Å². The SMILES string of the molecule is CCC1(C)COP(=O)(c2ccc(C)c(C(=O)c3cc(Cl)ccc3Cl)c2)OC1. The van der Waals surface area contributed by atoms with Gasteiger partial charge in [-0.1, -0.05) is 43.1 Å². The molecule has 0 atom stereocenters. The first kappa shape index (κ1) is 20.6. The molecule has 27 heavy (non-hydrogen) atoms. The molecule has 0 aromatic heterocycles. The van der Waals surface area contributed by atoms with Crippen molar-refractivity contribution in [1.82, 2.24) is 0 Å². The highest BCUT2D eigenvalue weighted by atomic mass is 35.5. The van der Waals surface area contributed by atoms with Gasteiger partial charge < -0.3 is 9.05 Å². The Morgan fingerprint density at radius 2 is 1.78 bits per heavy atom. The molecule has 2 aromatic rings. The number of carbonyl (C=O) groups excluding carboxylic acids is 1. The average molecular weight is 427 g/mol. The zero-order chi connectivity index (χ0) is 19.8. The molecule has 0 N–H and O–H groups in total. The maximum absolute atomic E-state index is 13.2. The Morgan fingerprint density at radius 1 is 1.11 bits per heavy atom. The predicted octanol–water partition coefficient (Wildman–Crippen LogP) is 5.81. The van der Waals surface area contributed by atoms with Crippen molar-refractivity contribution in [1.29, 1.82) is 0 Å². The summed E-state index contributed by atoms with van der Waals surface area (Å²) < 4.78 is 24.5. The highest BCUT2D eigenvalue weighted by Crippen LogP contribution is 2.53. The Bertz CT molecular complexity index is 930. The van der Waals surface area contributed by atoms with Crippen molar-refractivity contribution in [2.24, 2.45) is 5.41 Å². The summed E-state index contributed by atoms with van der Waals surface area (Å²) in [6, 6.07) is 9.72. The molecule has 144 valence electrons. The van der Waals surface area contributed by atoms with Crippen LogP contribution in [0.5, 0.6) is 0 Å².